The largest absolute Gasteiger partial charge is 0.481 e. The van der Waals surface area contributed by atoms with E-state index in [1.807, 2.05) is 31.2 Å². The van der Waals surface area contributed by atoms with Crippen molar-refractivity contribution in [2.75, 3.05) is 6.61 Å². The Balaban J connectivity index is 2.07. The lowest BCUT2D eigenvalue weighted by atomic mass is 10.0. The average Bonchev–Trinajstić information content (AvgIpc) is 2.78. The molecule has 1 aromatic rings. The summed E-state index contributed by atoms with van der Waals surface area (Å²) in [6.45, 7) is 2.36. The van der Waals surface area contributed by atoms with Gasteiger partial charge in [0.1, 0.15) is 0 Å². The predicted molar refractivity (Wildman–Crippen MR) is 73.4 cm³/mol. The second-order valence-electron chi connectivity index (χ2n) is 4.96. The summed E-state index contributed by atoms with van der Waals surface area (Å²) >= 11 is 0. The van der Waals surface area contributed by atoms with Crippen LogP contribution in [0.5, 0.6) is 0 Å². The minimum absolute atomic E-state index is 0.356. The van der Waals surface area contributed by atoms with Crippen molar-refractivity contribution in [2.45, 2.75) is 32.2 Å². The first kappa shape index (κ1) is 14.4. The Kier molecular flexibility index (Phi) is 4.61. The molecule has 0 saturated carbocycles. The Labute approximate surface area is 117 Å². The molecule has 0 fully saturated rings. The highest BCUT2D eigenvalue weighted by molar-refractivity contribution is 5.76. The van der Waals surface area contributed by atoms with Crippen LogP contribution in [0.2, 0.25) is 0 Å². The van der Waals surface area contributed by atoms with Gasteiger partial charge in [0.2, 0.25) is 0 Å². The normalized spacial score (nSPS) is 20.2. The lowest BCUT2D eigenvalue weighted by molar-refractivity contribution is -0.142. The van der Waals surface area contributed by atoms with E-state index in [2.05, 4.69) is 5.32 Å². The van der Waals surface area contributed by atoms with E-state index in [-0.39, 0.29) is 0 Å². The van der Waals surface area contributed by atoms with Crippen LogP contribution in [0.15, 0.2) is 24.3 Å². The molecule has 1 aliphatic rings. The molecule has 5 heteroatoms. The zero-order valence-corrected chi connectivity index (χ0v) is 11.5. The third-order valence-corrected chi connectivity index (χ3v) is 3.55. The van der Waals surface area contributed by atoms with E-state index < -0.39 is 24.0 Å². The van der Waals surface area contributed by atoms with Crippen molar-refractivity contribution in [2.24, 2.45) is 5.92 Å². The summed E-state index contributed by atoms with van der Waals surface area (Å²) in [5, 5.41) is 12.0. The zero-order chi connectivity index (χ0) is 14.5. The maximum absolute atomic E-state index is 11.7. The van der Waals surface area contributed by atoms with Gasteiger partial charge in [-0.1, -0.05) is 37.6 Å². The third kappa shape index (κ3) is 3.10. The van der Waals surface area contributed by atoms with Crippen molar-refractivity contribution >= 4 is 12.1 Å². The minimum atomic E-state index is -0.903. The Morgan fingerprint density at radius 1 is 1.40 bits per heavy atom. The van der Waals surface area contributed by atoms with Crippen molar-refractivity contribution in [3.8, 4) is 0 Å². The Morgan fingerprint density at radius 2 is 2.15 bits per heavy atom. The highest BCUT2D eigenvalue weighted by Gasteiger charge is 2.38. The number of carbonyl (C=O) groups excluding carboxylic acids is 1. The summed E-state index contributed by atoms with van der Waals surface area (Å²) in [6, 6.07) is 6.96. The second kappa shape index (κ2) is 6.41. The van der Waals surface area contributed by atoms with Gasteiger partial charge in [0.05, 0.1) is 18.6 Å². The van der Waals surface area contributed by atoms with Gasteiger partial charge in [-0.15, -0.1) is 0 Å². The summed E-state index contributed by atoms with van der Waals surface area (Å²) < 4.78 is 5.04. The predicted octanol–water partition coefficient (Wildman–Crippen LogP) is 2.51. The van der Waals surface area contributed by atoms with Crippen LogP contribution in [0.3, 0.4) is 0 Å². The molecular weight excluding hydrogens is 258 g/mol. The molecule has 0 saturated heterocycles. The van der Waals surface area contributed by atoms with Crippen molar-refractivity contribution < 1.29 is 19.4 Å². The molecule has 1 aromatic carbocycles. The molecule has 1 amide bonds. The second-order valence-corrected chi connectivity index (χ2v) is 4.96. The zero-order valence-electron chi connectivity index (χ0n) is 11.5. The van der Waals surface area contributed by atoms with Gasteiger partial charge in [-0.2, -0.15) is 0 Å². The number of amides is 1. The quantitative estimate of drug-likeness (QED) is 0.811. The number of alkyl carbamates (subject to hydrolysis) is 1. The number of rotatable bonds is 5. The fraction of sp³-hybridized carbons (Fsp3) is 0.467. The third-order valence-electron chi connectivity index (χ3n) is 3.55. The summed E-state index contributed by atoms with van der Waals surface area (Å²) in [4.78, 5) is 23.1. The van der Waals surface area contributed by atoms with E-state index >= 15 is 0 Å². The first-order valence-electron chi connectivity index (χ1n) is 6.87. The van der Waals surface area contributed by atoms with E-state index in [1.165, 1.54) is 0 Å². The summed E-state index contributed by atoms with van der Waals surface area (Å²) in [5.41, 5.74) is 1.84. The average molecular weight is 277 g/mol. The number of aliphatic carboxylic acids is 1. The fourth-order valence-electron chi connectivity index (χ4n) is 2.48. The summed E-state index contributed by atoms with van der Waals surface area (Å²) in [6.07, 6.45) is 1.63. The number of fused-ring (bicyclic) bond motifs is 1. The first-order chi connectivity index (χ1) is 9.63. The molecule has 0 spiro atoms. The molecule has 20 heavy (non-hydrogen) atoms. The van der Waals surface area contributed by atoms with Gasteiger partial charge in [0.25, 0.3) is 0 Å². The number of hydrogen-bond acceptors (Lipinski definition) is 3. The fourth-order valence-corrected chi connectivity index (χ4v) is 2.48. The van der Waals surface area contributed by atoms with Gasteiger partial charge in [0, 0.05) is 0 Å². The molecule has 2 rings (SSSR count). The minimum Gasteiger partial charge on any atom is -0.481 e. The van der Waals surface area contributed by atoms with E-state index in [1.54, 1.807) is 0 Å². The molecule has 0 aliphatic heterocycles. The molecule has 2 atom stereocenters. The van der Waals surface area contributed by atoms with Crippen LogP contribution in [-0.2, 0) is 16.0 Å². The number of benzene rings is 1. The standard InChI is InChI=1S/C15H19NO4/c1-2-3-8-20-15(19)16-13-11-7-5-4-6-10(11)9-12(13)14(17)18/h4-7,12-13H,2-3,8-9H2,1H3,(H,16,19)(H,17,18). The Bertz CT molecular complexity index is 500. The topological polar surface area (TPSA) is 75.6 Å². The van der Waals surface area contributed by atoms with Crippen LogP contribution in [0.4, 0.5) is 4.79 Å². The van der Waals surface area contributed by atoms with Gasteiger partial charge >= 0.3 is 12.1 Å². The first-order valence-corrected chi connectivity index (χ1v) is 6.87. The summed E-state index contributed by atoms with van der Waals surface area (Å²) in [5.74, 6) is -1.54. The van der Waals surface area contributed by atoms with E-state index in [4.69, 9.17) is 4.74 Å². The van der Waals surface area contributed by atoms with Crippen molar-refractivity contribution in [3.63, 3.8) is 0 Å². The van der Waals surface area contributed by atoms with Crippen LogP contribution < -0.4 is 5.32 Å². The van der Waals surface area contributed by atoms with Crippen LogP contribution >= 0.6 is 0 Å². The lowest BCUT2D eigenvalue weighted by Crippen LogP contribution is -2.35. The van der Waals surface area contributed by atoms with E-state index in [9.17, 15) is 14.7 Å². The number of carboxylic acid groups (broad SMARTS) is 1. The molecule has 1 aliphatic carbocycles. The van der Waals surface area contributed by atoms with Crippen LogP contribution in [0.25, 0.3) is 0 Å². The monoisotopic (exact) mass is 277 g/mol. The number of ether oxygens (including phenoxy) is 1. The number of unbranched alkanes of at least 4 members (excludes halogenated alkanes) is 1. The molecule has 0 heterocycles. The van der Waals surface area contributed by atoms with Crippen molar-refractivity contribution in [3.05, 3.63) is 35.4 Å². The maximum atomic E-state index is 11.7. The van der Waals surface area contributed by atoms with Crippen LogP contribution in [0, 0.1) is 5.92 Å². The molecule has 5 nitrogen and oxygen atoms in total. The molecule has 0 bridgehead atoms. The maximum Gasteiger partial charge on any atom is 0.407 e. The molecule has 2 unspecified atom stereocenters. The van der Waals surface area contributed by atoms with E-state index in [0.717, 1.165) is 24.0 Å². The number of carbonyl (C=O) groups is 2. The van der Waals surface area contributed by atoms with Gasteiger partial charge < -0.3 is 15.2 Å². The van der Waals surface area contributed by atoms with Crippen molar-refractivity contribution in [1.29, 1.82) is 0 Å². The number of carboxylic acids is 1. The number of nitrogens with one attached hydrogen (secondary N) is 1. The molecule has 2 N–H and O–H groups in total. The smallest absolute Gasteiger partial charge is 0.407 e. The van der Waals surface area contributed by atoms with Gasteiger partial charge in [-0.05, 0) is 24.0 Å². The lowest BCUT2D eigenvalue weighted by Gasteiger charge is -2.18. The Hall–Kier alpha value is -2.04. The van der Waals surface area contributed by atoms with Crippen molar-refractivity contribution in [1.82, 2.24) is 5.32 Å². The van der Waals surface area contributed by atoms with Gasteiger partial charge in [0.15, 0.2) is 0 Å². The Morgan fingerprint density at radius 3 is 2.85 bits per heavy atom. The summed E-state index contributed by atoms with van der Waals surface area (Å²) in [7, 11) is 0. The molecular formula is C15H19NO4. The SMILES string of the molecule is CCCCOC(=O)NC1c2ccccc2CC1C(=O)O. The van der Waals surface area contributed by atoms with Crippen LogP contribution in [0.1, 0.15) is 36.9 Å². The highest BCUT2D eigenvalue weighted by atomic mass is 16.5. The van der Waals surface area contributed by atoms with E-state index in [0.29, 0.717) is 13.0 Å². The van der Waals surface area contributed by atoms with Gasteiger partial charge in [-0.25, -0.2) is 4.79 Å². The number of hydrogen-bond donors (Lipinski definition) is 2. The highest BCUT2D eigenvalue weighted by Crippen LogP contribution is 2.36. The van der Waals surface area contributed by atoms with Crippen LogP contribution in [-0.4, -0.2) is 23.8 Å². The molecule has 0 radical (unpaired) electrons. The molecule has 108 valence electrons. The molecule has 0 aromatic heterocycles. The van der Waals surface area contributed by atoms with Gasteiger partial charge in [-0.3, -0.25) is 4.79 Å².